The maximum Gasteiger partial charge on any atom is 0.261 e. The van der Waals surface area contributed by atoms with E-state index in [4.69, 9.17) is 4.74 Å². The Balaban J connectivity index is 2.40. The van der Waals surface area contributed by atoms with E-state index in [-0.39, 0.29) is 39.4 Å². The molecular formula is C20H25N3O5S. The minimum atomic E-state index is -4.06. The number of hydrogen-bond acceptors (Lipinski definition) is 5. The van der Waals surface area contributed by atoms with Crippen molar-refractivity contribution in [1.29, 1.82) is 0 Å². The fraction of sp³-hybridized carbons (Fsp3) is 0.300. The van der Waals surface area contributed by atoms with E-state index in [1.54, 1.807) is 18.2 Å². The monoisotopic (exact) mass is 419 g/mol. The van der Waals surface area contributed by atoms with E-state index in [1.165, 1.54) is 38.4 Å². The molecule has 0 aliphatic heterocycles. The number of anilines is 1. The Bertz CT molecular complexity index is 1000. The number of hydrogen-bond donors (Lipinski definition) is 3. The van der Waals surface area contributed by atoms with Crippen LogP contribution in [-0.4, -0.2) is 40.4 Å². The Morgan fingerprint density at radius 1 is 1.07 bits per heavy atom. The molecule has 0 aromatic heterocycles. The van der Waals surface area contributed by atoms with Crippen molar-refractivity contribution in [2.45, 2.75) is 31.2 Å². The summed E-state index contributed by atoms with van der Waals surface area (Å²) in [6.07, 6.45) is 0.744. The summed E-state index contributed by atoms with van der Waals surface area (Å²) in [5.41, 5.74) is 0.433. The first-order valence-electron chi connectivity index (χ1n) is 9.06. The second kappa shape index (κ2) is 9.42. The summed E-state index contributed by atoms with van der Waals surface area (Å²) >= 11 is 0. The van der Waals surface area contributed by atoms with Gasteiger partial charge in [0.1, 0.15) is 5.75 Å². The summed E-state index contributed by atoms with van der Waals surface area (Å²) in [5, 5.41) is 5.26. The number of nitrogens with one attached hydrogen (secondary N) is 3. The maximum absolute atomic E-state index is 12.9. The van der Waals surface area contributed by atoms with Crippen LogP contribution in [0.3, 0.4) is 0 Å². The number of ether oxygens (including phenoxy) is 1. The molecule has 9 heteroatoms. The van der Waals surface area contributed by atoms with Crippen molar-refractivity contribution in [3.63, 3.8) is 0 Å². The van der Waals surface area contributed by atoms with Gasteiger partial charge in [-0.25, -0.2) is 8.42 Å². The van der Waals surface area contributed by atoms with Gasteiger partial charge in [0.15, 0.2) is 0 Å². The summed E-state index contributed by atoms with van der Waals surface area (Å²) in [4.78, 5) is 24.4. The molecule has 2 aromatic carbocycles. The van der Waals surface area contributed by atoms with Crippen molar-refractivity contribution in [3.8, 4) is 5.75 Å². The minimum Gasteiger partial charge on any atom is -0.496 e. The zero-order valence-electron chi connectivity index (χ0n) is 16.8. The van der Waals surface area contributed by atoms with Gasteiger partial charge in [-0.1, -0.05) is 19.1 Å². The zero-order chi connectivity index (χ0) is 21.6. The fourth-order valence-electron chi connectivity index (χ4n) is 2.54. The van der Waals surface area contributed by atoms with Crippen LogP contribution in [0.2, 0.25) is 0 Å². The first kappa shape index (κ1) is 22.2. The van der Waals surface area contributed by atoms with Gasteiger partial charge in [0.05, 0.1) is 28.8 Å². The summed E-state index contributed by atoms with van der Waals surface area (Å²) in [5.74, 6) is -0.609. The van der Waals surface area contributed by atoms with Crippen molar-refractivity contribution in [1.82, 2.24) is 10.6 Å². The van der Waals surface area contributed by atoms with Gasteiger partial charge in [-0.15, -0.1) is 0 Å². The van der Waals surface area contributed by atoms with Gasteiger partial charge in [-0.3, -0.25) is 14.3 Å². The van der Waals surface area contributed by atoms with Gasteiger partial charge in [-0.05, 0) is 43.7 Å². The molecule has 1 unspecified atom stereocenters. The Morgan fingerprint density at radius 2 is 1.76 bits per heavy atom. The van der Waals surface area contributed by atoms with Crippen molar-refractivity contribution >= 4 is 27.5 Å². The van der Waals surface area contributed by atoms with Crippen LogP contribution < -0.4 is 20.1 Å². The molecule has 0 saturated heterocycles. The molecule has 0 fully saturated rings. The number of carbonyl (C=O) groups excluding carboxylic acids is 2. The highest BCUT2D eigenvalue weighted by Crippen LogP contribution is 2.25. The number of benzene rings is 2. The van der Waals surface area contributed by atoms with Crippen LogP contribution >= 0.6 is 0 Å². The van der Waals surface area contributed by atoms with Crippen LogP contribution in [0.4, 0.5) is 5.69 Å². The van der Waals surface area contributed by atoms with Gasteiger partial charge < -0.3 is 15.4 Å². The smallest absolute Gasteiger partial charge is 0.261 e. The summed E-state index contributed by atoms with van der Waals surface area (Å²) < 4.78 is 33.4. The lowest BCUT2D eigenvalue weighted by molar-refractivity contribution is 0.0937. The van der Waals surface area contributed by atoms with Gasteiger partial charge >= 0.3 is 0 Å². The third kappa shape index (κ3) is 5.26. The Hall–Kier alpha value is -3.07. The van der Waals surface area contributed by atoms with Gasteiger partial charge in [0.25, 0.3) is 21.8 Å². The zero-order valence-corrected chi connectivity index (χ0v) is 17.6. The first-order chi connectivity index (χ1) is 13.7. The molecule has 3 N–H and O–H groups in total. The number of carbonyl (C=O) groups is 2. The molecular weight excluding hydrogens is 394 g/mol. The van der Waals surface area contributed by atoms with E-state index in [1.807, 2.05) is 13.8 Å². The molecule has 8 nitrogen and oxygen atoms in total. The van der Waals surface area contributed by atoms with Gasteiger partial charge in [-0.2, -0.15) is 0 Å². The fourth-order valence-corrected chi connectivity index (χ4v) is 3.65. The lowest BCUT2D eigenvalue weighted by Crippen LogP contribution is -2.32. The molecule has 0 aliphatic rings. The molecule has 156 valence electrons. The third-order valence-electron chi connectivity index (χ3n) is 4.36. The third-order valence-corrected chi connectivity index (χ3v) is 5.72. The Kier molecular flexibility index (Phi) is 7.22. The molecule has 0 saturated carbocycles. The standard InChI is InChI=1S/C20H25N3O5S/c1-5-13(2)22-20(25)15-8-6-7-9-17(15)23-29(26,27)14-10-11-18(28-4)16(12-14)19(24)21-3/h6-13,23H,5H2,1-4H3,(H,21,24)(H,22,25). The number of sulfonamides is 1. The van der Waals surface area contributed by atoms with Crippen molar-refractivity contribution in [2.24, 2.45) is 0 Å². The molecule has 1 atom stereocenters. The van der Waals surface area contributed by atoms with Gasteiger partial charge in [0.2, 0.25) is 0 Å². The van der Waals surface area contributed by atoms with Crippen LogP contribution in [-0.2, 0) is 10.0 Å². The molecule has 0 spiro atoms. The maximum atomic E-state index is 12.9. The summed E-state index contributed by atoms with van der Waals surface area (Å²) in [6, 6.07) is 10.2. The van der Waals surface area contributed by atoms with Crippen LogP contribution in [0.15, 0.2) is 47.4 Å². The normalized spacial score (nSPS) is 12.0. The van der Waals surface area contributed by atoms with E-state index >= 15 is 0 Å². The molecule has 2 rings (SSSR count). The van der Waals surface area contributed by atoms with Crippen LogP contribution in [0.5, 0.6) is 5.75 Å². The largest absolute Gasteiger partial charge is 0.496 e. The average molecular weight is 420 g/mol. The predicted molar refractivity (Wildman–Crippen MR) is 111 cm³/mol. The Morgan fingerprint density at radius 3 is 2.38 bits per heavy atom. The quantitative estimate of drug-likeness (QED) is 0.608. The average Bonchev–Trinajstić information content (AvgIpc) is 2.72. The lowest BCUT2D eigenvalue weighted by Gasteiger charge is -2.16. The second-order valence-electron chi connectivity index (χ2n) is 6.38. The van der Waals surface area contributed by atoms with E-state index < -0.39 is 15.9 Å². The van der Waals surface area contributed by atoms with E-state index in [2.05, 4.69) is 15.4 Å². The van der Waals surface area contributed by atoms with Crippen molar-refractivity contribution in [3.05, 3.63) is 53.6 Å². The predicted octanol–water partition coefficient (Wildman–Crippen LogP) is 2.38. The molecule has 0 aliphatic carbocycles. The molecule has 2 amide bonds. The number of methoxy groups -OCH3 is 1. The molecule has 2 aromatic rings. The number of amides is 2. The highest BCUT2D eigenvalue weighted by Gasteiger charge is 2.22. The van der Waals surface area contributed by atoms with Crippen molar-refractivity contribution < 1.29 is 22.7 Å². The summed E-state index contributed by atoms with van der Waals surface area (Å²) in [7, 11) is -1.23. The second-order valence-corrected chi connectivity index (χ2v) is 8.06. The molecule has 0 heterocycles. The van der Waals surface area contributed by atoms with E-state index in [9.17, 15) is 18.0 Å². The molecule has 29 heavy (non-hydrogen) atoms. The highest BCUT2D eigenvalue weighted by molar-refractivity contribution is 7.92. The number of rotatable bonds is 8. The van der Waals surface area contributed by atoms with Crippen molar-refractivity contribution in [2.75, 3.05) is 18.9 Å². The van der Waals surface area contributed by atoms with Crippen LogP contribution in [0.1, 0.15) is 41.0 Å². The first-order valence-corrected chi connectivity index (χ1v) is 10.5. The lowest BCUT2D eigenvalue weighted by atomic mass is 10.1. The van der Waals surface area contributed by atoms with E-state index in [0.29, 0.717) is 0 Å². The summed E-state index contributed by atoms with van der Waals surface area (Å²) in [6.45, 7) is 3.80. The van der Waals surface area contributed by atoms with Gasteiger partial charge in [0, 0.05) is 13.1 Å². The topological polar surface area (TPSA) is 114 Å². The van der Waals surface area contributed by atoms with E-state index in [0.717, 1.165) is 6.42 Å². The SMILES string of the molecule is CCC(C)NC(=O)c1ccccc1NS(=O)(=O)c1ccc(OC)c(C(=O)NC)c1. The van der Waals surface area contributed by atoms with Crippen LogP contribution in [0.25, 0.3) is 0 Å². The minimum absolute atomic E-state index is 0.0520. The highest BCUT2D eigenvalue weighted by atomic mass is 32.2. The van der Waals surface area contributed by atoms with Crippen LogP contribution in [0, 0.1) is 0 Å². The number of para-hydroxylation sites is 1. The molecule has 0 radical (unpaired) electrons. The molecule has 0 bridgehead atoms. The Labute approximate surface area is 170 Å².